The summed E-state index contributed by atoms with van der Waals surface area (Å²) in [6.07, 6.45) is 1.59. The summed E-state index contributed by atoms with van der Waals surface area (Å²) in [7, 11) is 0. The van der Waals surface area contributed by atoms with Crippen LogP contribution in [0.2, 0.25) is 5.02 Å². The average Bonchev–Trinajstić information content (AvgIpc) is 2.74. The maximum absolute atomic E-state index is 13.0. The number of carbonyl (C=O) groups excluding carboxylic acids is 2. The van der Waals surface area contributed by atoms with E-state index in [1.165, 1.54) is 24.3 Å². The van der Waals surface area contributed by atoms with E-state index >= 15 is 0 Å². The summed E-state index contributed by atoms with van der Waals surface area (Å²) >= 11 is 6.02. The van der Waals surface area contributed by atoms with Crippen molar-refractivity contribution in [3.63, 3.8) is 0 Å². The molecule has 0 spiro atoms. The van der Waals surface area contributed by atoms with Crippen molar-refractivity contribution in [3.8, 4) is 0 Å². The molecule has 0 bridgehead atoms. The molecular formula is C23H18ClFN2O2. The Balaban J connectivity index is 1.57. The number of carbonyl (C=O) groups is 2. The van der Waals surface area contributed by atoms with E-state index in [0.717, 1.165) is 24.1 Å². The van der Waals surface area contributed by atoms with Crippen molar-refractivity contribution in [1.29, 1.82) is 0 Å². The topological polar surface area (TPSA) is 49.4 Å². The number of rotatable bonds is 3. The van der Waals surface area contributed by atoms with Crippen LogP contribution in [-0.4, -0.2) is 18.4 Å². The molecule has 0 saturated heterocycles. The molecule has 1 aliphatic heterocycles. The fraction of sp³-hybridized carbons (Fsp3) is 0.130. The maximum Gasteiger partial charge on any atom is 0.258 e. The third-order valence-corrected chi connectivity index (χ3v) is 5.11. The van der Waals surface area contributed by atoms with Gasteiger partial charge in [-0.3, -0.25) is 9.59 Å². The van der Waals surface area contributed by atoms with Crippen LogP contribution in [0.4, 0.5) is 15.8 Å². The molecular weight excluding hydrogens is 391 g/mol. The third kappa shape index (κ3) is 4.15. The molecule has 6 heteroatoms. The van der Waals surface area contributed by atoms with E-state index in [-0.39, 0.29) is 17.6 Å². The first-order chi connectivity index (χ1) is 14.0. The van der Waals surface area contributed by atoms with E-state index in [0.29, 0.717) is 28.4 Å². The van der Waals surface area contributed by atoms with Crippen molar-refractivity contribution >= 4 is 34.8 Å². The summed E-state index contributed by atoms with van der Waals surface area (Å²) in [6, 6.07) is 17.8. The highest BCUT2D eigenvalue weighted by atomic mass is 35.5. The number of hydrogen-bond donors (Lipinski definition) is 1. The van der Waals surface area contributed by atoms with Crippen LogP contribution in [0.15, 0.2) is 66.7 Å². The molecule has 4 rings (SSSR count). The first-order valence-electron chi connectivity index (χ1n) is 9.28. The Morgan fingerprint density at radius 2 is 1.76 bits per heavy atom. The Hall–Kier alpha value is -3.18. The summed E-state index contributed by atoms with van der Waals surface area (Å²) < 4.78 is 13.0. The van der Waals surface area contributed by atoms with E-state index in [1.54, 1.807) is 41.3 Å². The predicted molar refractivity (Wildman–Crippen MR) is 112 cm³/mol. The highest BCUT2D eigenvalue weighted by Gasteiger charge is 2.24. The Kier molecular flexibility index (Phi) is 5.32. The van der Waals surface area contributed by atoms with Crippen molar-refractivity contribution in [3.05, 3.63) is 94.3 Å². The zero-order valence-corrected chi connectivity index (χ0v) is 16.2. The number of nitrogens with zero attached hydrogens (tertiary/aromatic N) is 1. The fourth-order valence-corrected chi connectivity index (χ4v) is 3.65. The largest absolute Gasteiger partial charge is 0.322 e. The van der Waals surface area contributed by atoms with Gasteiger partial charge in [0.1, 0.15) is 5.82 Å². The number of fused-ring (bicyclic) bond motifs is 1. The first kappa shape index (κ1) is 19.2. The van der Waals surface area contributed by atoms with Gasteiger partial charge in [-0.15, -0.1) is 0 Å². The van der Waals surface area contributed by atoms with Gasteiger partial charge in [-0.05, 0) is 79.1 Å². The molecule has 0 atom stereocenters. The number of nitrogens with one attached hydrogen (secondary N) is 1. The smallest absolute Gasteiger partial charge is 0.258 e. The normalized spacial score (nSPS) is 13.0. The van der Waals surface area contributed by atoms with Crippen LogP contribution in [0.25, 0.3) is 0 Å². The first-order valence-corrected chi connectivity index (χ1v) is 9.66. The van der Waals surface area contributed by atoms with Gasteiger partial charge in [-0.1, -0.05) is 17.7 Å². The second-order valence-corrected chi connectivity index (χ2v) is 7.31. The minimum absolute atomic E-state index is 0.114. The summed E-state index contributed by atoms with van der Waals surface area (Å²) in [5, 5.41) is 3.27. The lowest BCUT2D eigenvalue weighted by Gasteiger charge is -2.30. The molecule has 3 aromatic rings. The molecule has 1 aliphatic rings. The van der Waals surface area contributed by atoms with Gasteiger partial charge in [0.15, 0.2) is 0 Å². The highest BCUT2D eigenvalue weighted by molar-refractivity contribution is 6.31. The molecule has 1 heterocycles. The number of aryl methyl sites for hydroxylation is 1. The van der Waals surface area contributed by atoms with Gasteiger partial charge < -0.3 is 10.2 Å². The predicted octanol–water partition coefficient (Wildman–Crippen LogP) is 5.32. The molecule has 146 valence electrons. The fourth-order valence-electron chi connectivity index (χ4n) is 3.46. The maximum atomic E-state index is 13.0. The van der Waals surface area contributed by atoms with E-state index in [4.69, 9.17) is 11.6 Å². The molecule has 0 saturated carbocycles. The van der Waals surface area contributed by atoms with Crippen LogP contribution in [0.5, 0.6) is 0 Å². The molecule has 0 radical (unpaired) electrons. The minimum Gasteiger partial charge on any atom is -0.322 e. The molecule has 1 N–H and O–H groups in total. The van der Waals surface area contributed by atoms with Gasteiger partial charge in [-0.2, -0.15) is 0 Å². The molecule has 0 fully saturated rings. The third-order valence-electron chi connectivity index (χ3n) is 4.88. The van der Waals surface area contributed by atoms with Crippen LogP contribution >= 0.6 is 11.6 Å². The quantitative estimate of drug-likeness (QED) is 0.637. The Labute approximate surface area is 172 Å². The Morgan fingerprint density at radius 3 is 2.52 bits per heavy atom. The number of benzene rings is 3. The lowest BCUT2D eigenvalue weighted by molar-refractivity contribution is 0.0984. The van der Waals surface area contributed by atoms with Gasteiger partial charge in [0.2, 0.25) is 0 Å². The van der Waals surface area contributed by atoms with E-state index in [1.807, 2.05) is 6.07 Å². The van der Waals surface area contributed by atoms with Crippen LogP contribution in [0.1, 0.15) is 32.7 Å². The van der Waals surface area contributed by atoms with E-state index in [9.17, 15) is 14.0 Å². The number of anilines is 2. The van der Waals surface area contributed by atoms with E-state index in [2.05, 4.69) is 5.32 Å². The van der Waals surface area contributed by atoms with Crippen molar-refractivity contribution < 1.29 is 14.0 Å². The minimum atomic E-state index is -0.360. The van der Waals surface area contributed by atoms with Gasteiger partial charge in [0.25, 0.3) is 11.8 Å². The van der Waals surface area contributed by atoms with Crippen LogP contribution in [-0.2, 0) is 6.42 Å². The van der Waals surface area contributed by atoms with Crippen molar-refractivity contribution in [2.24, 2.45) is 0 Å². The molecule has 0 aromatic heterocycles. The van der Waals surface area contributed by atoms with Gasteiger partial charge in [0, 0.05) is 34.1 Å². The van der Waals surface area contributed by atoms with E-state index < -0.39 is 0 Å². The Morgan fingerprint density at radius 1 is 0.966 bits per heavy atom. The molecule has 0 aliphatic carbocycles. The molecule has 4 nitrogen and oxygen atoms in total. The van der Waals surface area contributed by atoms with Crippen LogP contribution in [0, 0.1) is 5.82 Å². The standard InChI is InChI=1S/C23H18ClFN2O2/c24-18-5-1-3-17(14-18)23(29)27-12-2-4-15-13-16(6-11-21(15)27)22(28)26-20-9-7-19(25)8-10-20/h1,3,5-11,13-14H,2,4,12H2,(H,26,28). The molecule has 3 aromatic carbocycles. The summed E-state index contributed by atoms with van der Waals surface area (Å²) in [4.78, 5) is 27.2. The SMILES string of the molecule is O=C(Nc1ccc(F)cc1)c1ccc2c(c1)CCCN2C(=O)c1cccc(Cl)c1. The van der Waals surface area contributed by atoms with Crippen LogP contribution in [0.3, 0.4) is 0 Å². The second kappa shape index (κ2) is 8.05. The Bertz CT molecular complexity index is 1080. The van der Waals surface area contributed by atoms with Gasteiger partial charge >= 0.3 is 0 Å². The lowest BCUT2D eigenvalue weighted by atomic mass is 9.98. The summed E-state index contributed by atoms with van der Waals surface area (Å²) in [5.41, 5.74) is 3.29. The number of amides is 2. The number of hydrogen-bond acceptors (Lipinski definition) is 2. The lowest BCUT2D eigenvalue weighted by Crippen LogP contribution is -2.35. The molecule has 29 heavy (non-hydrogen) atoms. The number of halogens is 2. The molecule has 0 unspecified atom stereocenters. The molecule has 2 amide bonds. The second-order valence-electron chi connectivity index (χ2n) is 6.88. The summed E-state index contributed by atoms with van der Waals surface area (Å²) in [5.74, 6) is -0.754. The average molecular weight is 409 g/mol. The van der Waals surface area contributed by atoms with Gasteiger partial charge in [-0.25, -0.2) is 4.39 Å². The highest BCUT2D eigenvalue weighted by Crippen LogP contribution is 2.30. The van der Waals surface area contributed by atoms with Crippen LogP contribution < -0.4 is 10.2 Å². The van der Waals surface area contributed by atoms with Crippen molar-refractivity contribution in [2.75, 3.05) is 16.8 Å². The zero-order valence-electron chi connectivity index (χ0n) is 15.5. The van der Waals surface area contributed by atoms with Gasteiger partial charge in [0.05, 0.1) is 0 Å². The zero-order chi connectivity index (χ0) is 20.4. The van der Waals surface area contributed by atoms with Crippen molar-refractivity contribution in [2.45, 2.75) is 12.8 Å². The summed E-state index contributed by atoms with van der Waals surface area (Å²) in [6.45, 7) is 0.611. The van der Waals surface area contributed by atoms with Crippen molar-refractivity contribution in [1.82, 2.24) is 0 Å². The monoisotopic (exact) mass is 408 g/mol.